The van der Waals surface area contributed by atoms with Gasteiger partial charge in [0.05, 0.1) is 18.7 Å². The van der Waals surface area contributed by atoms with Crippen LogP contribution in [0, 0.1) is 12.7 Å². The molecular formula is C26H26F4N2O3S. The summed E-state index contributed by atoms with van der Waals surface area (Å²) in [5.74, 6) is -1.33. The average Bonchev–Trinajstić information content (AvgIpc) is 3.25. The van der Waals surface area contributed by atoms with E-state index in [4.69, 9.17) is 4.74 Å². The van der Waals surface area contributed by atoms with Crippen molar-refractivity contribution in [2.24, 2.45) is 0 Å². The maximum Gasteiger partial charge on any atom is 0.416 e. The zero-order valence-electron chi connectivity index (χ0n) is 19.8. The van der Waals surface area contributed by atoms with Crippen molar-refractivity contribution in [1.29, 1.82) is 0 Å². The van der Waals surface area contributed by atoms with Crippen molar-refractivity contribution in [3.05, 3.63) is 92.9 Å². The number of methoxy groups -OCH3 is 1. The van der Waals surface area contributed by atoms with Gasteiger partial charge < -0.3 is 14.5 Å². The Morgan fingerprint density at radius 3 is 2.17 bits per heavy atom. The molecule has 1 aromatic heterocycles. The molecule has 0 bridgehead atoms. The summed E-state index contributed by atoms with van der Waals surface area (Å²) in [5, 5.41) is 1.92. The fourth-order valence-corrected chi connectivity index (χ4v) is 4.40. The molecule has 0 fully saturated rings. The lowest BCUT2D eigenvalue weighted by molar-refractivity contribution is -0.137. The van der Waals surface area contributed by atoms with Crippen LogP contribution < -0.4 is 0 Å². The maximum absolute atomic E-state index is 13.4. The quantitative estimate of drug-likeness (QED) is 0.329. The van der Waals surface area contributed by atoms with Gasteiger partial charge in [0, 0.05) is 30.6 Å². The van der Waals surface area contributed by atoms with Crippen LogP contribution in [0.2, 0.25) is 0 Å². The summed E-state index contributed by atoms with van der Waals surface area (Å²) in [7, 11) is 1.45. The molecule has 3 aromatic rings. The highest BCUT2D eigenvalue weighted by Gasteiger charge is 2.31. The minimum atomic E-state index is -4.52. The van der Waals surface area contributed by atoms with Gasteiger partial charge in [0.2, 0.25) is 5.91 Å². The van der Waals surface area contributed by atoms with Gasteiger partial charge in [-0.2, -0.15) is 13.2 Å². The molecule has 36 heavy (non-hydrogen) atoms. The van der Waals surface area contributed by atoms with Gasteiger partial charge in [-0.1, -0.05) is 12.1 Å². The smallest absolute Gasteiger partial charge is 0.383 e. The van der Waals surface area contributed by atoms with E-state index in [1.807, 2.05) is 18.4 Å². The number of hydrogen-bond acceptors (Lipinski definition) is 4. The number of amides is 2. The van der Waals surface area contributed by atoms with Crippen LogP contribution in [0.25, 0.3) is 0 Å². The SMILES string of the molecule is COCCN(CC(=O)N(Cc1ccc(F)cc1)Cc1sccc1C)C(=O)c1ccc(C(F)(F)F)cc1. The van der Waals surface area contributed by atoms with E-state index in [9.17, 15) is 27.2 Å². The molecule has 0 aliphatic rings. The zero-order valence-corrected chi connectivity index (χ0v) is 20.7. The minimum absolute atomic E-state index is 0.0334. The standard InChI is InChI=1S/C26H26F4N2O3S/c1-18-11-14-36-23(18)16-32(15-19-3-9-22(27)10-4-19)24(33)17-31(12-13-35-2)25(34)20-5-7-21(8-6-20)26(28,29)30/h3-11,14H,12-13,15-17H2,1-2H3. The summed E-state index contributed by atoms with van der Waals surface area (Å²) < 4.78 is 57.2. The van der Waals surface area contributed by atoms with E-state index in [1.165, 1.54) is 35.5 Å². The monoisotopic (exact) mass is 522 g/mol. The third-order valence-corrected chi connectivity index (χ3v) is 6.59. The second-order valence-corrected chi connectivity index (χ2v) is 9.20. The highest BCUT2D eigenvalue weighted by atomic mass is 32.1. The number of ether oxygens (including phenoxy) is 1. The maximum atomic E-state index is 13.4. The summed E-state index contributed by atoms with van der Waals surface area (Å²) >= 11 is 1.50. The Kier molecular flexibility index (Phi) is 9.22. The first-order valence-corrected chi connectivity index (χ1v) is 12.0. The summed E-state index contributed by atoms with van der Waals surface area (Å²) in [6.45, 7) is 2.35. The first-order valence-electron chi connectivity index (χ1n) is 11.1. The van der Waals surface area contributed by atoms with Crippen LogP contribution in [-0.4, -0.2) is 48.4 Å². The molecule has 0 aliphatic heterocycles. The topological polar surface area (TPSA) is 49.9 Å². The third kappa shape index (κ3) is 7.38. The number of nitrogens with zero attached hydrogens (tertiary/aromatic N) is 2. The highest BCUT2D eigenvalue weighted by molar-refractivity contribution is 7.10. The van der Waals surface area contributed by atoms with Crippen molar-refractivity contribution < 1.29 is 31.9 Å². The number of benzene rings is 2. The van der Waals surface area contributed by atoms with Gasteiger partial charge in [-0.05, 0) is 65.9 Å². The van der Waals surface area contributed by atoms with Crippen LogP contribution in [0.5, 0.6) is 0 Å². The Morgan fingerprint density at radius 2 is 1.61 bits per heavy atom. The van der Waals surface area contributed by atoms with Crippen molar-refractivity contribution in [2.75, 3.05) is 26.8 Å². The predicted octanol–water partition coefficient (Wildman–Crippen LogP) is 5.53. The summed E-state index contributed by atoms with van der Waals surface area (Å²) in [6.07, 6.45) is -4.52. The number of carbonyl (C=O) groups excluding carboxylic acids is 2. The van der Waals surface area contributed by atoms with E-state index in [2.05, 4.69) is 0 Å². The van der Waals surface area contributed by atoms with Gasteiger partial charge in [0.15, 0.2) is 0 Å². The number of aryl methyl sites for hydroxylation is 1. The Morgan fingerprint density at radius 1 is 0.944 bits per heavy atom. The molecule has 0 saturated carbocycles. The van der Waals surface area contributed by atoms with Gasteiger partial charge in [0.1, 0.15) is 12.4 Å². The van der Waals surface area contributed by atoms with Gasteiger partial charge >= 0.3 is 6.18 Å². The van der Waals surface area contributed by atoms with Crippen LogP contribution in [-0.2, 0) is 28.8 Å². The van der Waals surface area contributed by atoms with E-state index in [-0.39, 0.29) is 37.7 Å². The Hall–Kier alpha value is -3.24. The molecule has 2 amide bonds. The van der Waals surface area contributed by atoms with Gasteiger partial charge in [-0.25, -0.2) is 4.39 Å². The second kappa shape index (κ2) is 12.1. The lowest BCUT2D eigenvalue weighted by atomic mass is 10.1. The van der Waals surface area contributed by atoms with Gasteiger partial charge in [0.25, 0.3) is 5.91 Å². The molecule has 10 heteroatoms. The van der Waals surface area contributed by atoms with Crippen molar-refractivity contribution in [1.82, 2.24) is 9.80 Å². The van der Waals surface area contributed by atoms with E-state index < -0.39 is 23.5 Å². The predicted molar refractivity (Wildman–Crippen MR) is 129 cm³/mol. The molecule has 0 unspecified atom stereocenters. The van der Waals surface area contributed by atoms with E-state index >= 15 is 0 Å². The number of hydrogen-bond donors (Lipinski definition) is 0. The first kappa shape index (κ1) is 27.3. The van der Waals surface area contributed by atoms with Crippen LogP contribution in [0.3, 0.4) is 0 Å². The summed E-state index contributed by atoms with van der Waals surface area (Å²) in [6, 6.07) is 11.6. The van der Waals surface area contributed by atoms with Crippen LogP contribution in [0.4, 0.5) is 17.6 Å². The molecular weight excluding hydrogens is 496 g/mol. The van der Waals surface area contributed by atoms with E-state index in [1.54, 1.807) is 17.0 Å². The molecule has 3 rings (SSSR count). The van der Waals surface area contributed by atoms with Crippen LogP contribution in [0.15, 0.2) is 60.0 Å². The molecule has 0 atom stereocenters. The largest absolute Gasteiger partial charge is 0.416 e. The lowest BCUT2D eigenvalue weighted by Crippen LogP contribution is -2.43. The van der Waals surface area contributed by atoms with Crippen LogP contribution in [0.1, 0.15) is 31.9 Å². The first-order chi connectivity index (χ1) is 17.1. The van der Waals surface area contributed by atoms with Crippen molar-refractivity contribution in [3.63, 3.8) is 0 Å². The van der Waals surface area contributed by atoms with Gasteiger partial charge in [-0.3, -0.25) is 9.59 Å². The molecule has 0 spiro atoms. The van der Waals surface area contributed by atoms with E-state index in [0.717, 1.165) is 40.3 Å². The van der Waals surface area contributed by atoms with Crippen molar-refractivity contribution in [3.8, 4) is 0 Å². The zero-order chi connectivity index (χ0) is 26.3. The molecule has 2 aromatic carbocycles. The Labute approximate surface area is 210 Å². The number of alkyl halides is 3. The number of halogens is 4. The Bertz CT molecular complexity index is 1160. The van der Waals surface area contributed by atoms with E-state index in [0.29, 0.717) is 6.54 Å². The molecule has 1 heterocycles. The Balaban J connectivity index is 1.82. The molecule has 0 saturated heterocycles. The molecule has 0 radical (unpaired) electrons. The minimum Gasteiger partial charge on any atom is -0.383 e. The fourth-order valence-electron chi connectivity index (χ4n) is 3.48. The third-order valence-electron chi connectivity index (χ3n) is 5.58. The number of thiophene rings is 1. The highest BCUT2D eigenvalue weighted by Crippen LogP contribution is 2.29. The van der Waals surface area contributed by atoms with Gasteiger partial charge in [-0.15, -0.1) is 11.3 Å². The molecule has 192 valence electrons. The number of carbonyl (C=O) groups is 2. The lowest BCUT2D eigenvalue weighted by Gasteiger charge is -2.28. The fraction of sp³-hybridized carbons (Fsp3) is 0.308. The summed E-state index contributed by atoms with van der Waals surface area (Å²) in [5.41, 5.74) is 0.909. The van der Waals surface area contributed by atoms with Crippen molar-refractivity contribution >= 4 is 23.2 Å². The van der Waals surface area contributed by atoms with Crippen LogP contribution >= 0.6 is 11.3 Å². The average molecular weight is 523 g/mol. The molecule has 0 aliphatic carbocycles. The molecule has 5 nitrogen and oxygen atoms in total. The molecule has 0 N–H and O–H groups in total. The normalized spacial score (nSPS) is 11.4. The summed E-state index contributed by atoms with van der Waals surface area (Å²) in [4.78, 5) is 30.3. The van der Waals surface area contributed by atoms with Crippen molar-refractivity contribution in [2.45, 2.75) is 26.2 Å². The number of rotatable bonds is 10. The second-order valence-electron chi connectivity index (χ2n) is 8.20.